The smallest absolute Gasteiger partial charge is 0.0207 e. The maximum absolute atomic E-state index is 2.58. The summed E-state index contributed by atoms with van der Waals surface area (Å²) in [5.74, 6) is 4.05. The zero-order chi connectivity index (χ0) is 11.6. The highest BCUT2D eigenvalue weighted by molar-refractivity contribution is 5.14. The zero-order valence-corrected chi connectivity index (χ0v) is 11.6. The number of rotatable bonds is 1. The van der Waals surface area contributed by atoms with Crippen molar-refractivity contribution in [2.75, 3.05) is 0 Å². The number of fused-ring (bicyclic) bond motifs is 1. The van der Waals surface area contributed by atoms with Crippen molar-refractivity contribution in [1.29, 1.82) is 0 Å². The molecule has 3 saturated carbocycles. The third-order valence-corrected chi connectivity index (χ3v) is 7.21. The Bertz CT molecular complexity index is 294. The fraction of sp³-hybridized carbons (Fsp3) is 1.00. The Balaban J connectivity index is 2.06. The number of hydrogen-bond donors (Lipinski definition) is 0. The molecule has 3 rings (SSSR count). The average molecular weight is 220 g/mol. The molecule has 92 valence electrons. The van der Waals surface area contributed by atoms with E-state index in [1.165, 1.54) is 19.3 Å². The Labute approximate surface area is 101 Å². The van der Waals surface area contributed by atoms with E-state index in [4.69, 9.17) is 0 Å². The molecule has 0 nitrogen and oxygen atoms in total. The van der Waals surface area contributed by atoms with Gasteiger partial charge in [0.25, 0.3) is 0 Å². The van der Waals surface area contributed by atoms with E-state index in [2.05, 4.69) is 27.7 Å². The molecule has 0 radical (unpaired) electrons. The van der Waals surface area contributed by atoms with Crippen molar-refractivity contribution in [3.05, 3.63) is 0 Å². The van der Waals surface area contributed by atoms with Crippen LogP contribution in [0.25, 0.3) is 0 Å². The molecular weight excluding hydrogens is 192 g/mol. The van der Waals surface area contributed by atoms with Gasteiger partial charge in [0.15, 0.2) is 0 Å². The summed E-state index contributed by atoms with van der Waals surface area (Å²) in [4.78, 5) is 0. The Kier molecular flexibility index (Phi) is 2.27. The predicted octanol–water partition coefficient (Wildman–Crippen LogP) is 4.89. The molecule has 3 fully saturated rings. The minimum atomic E-state index is 0.743. The van der Waals surface area contributed by atoms with Crippen LogP contribution in [0.3, 0.4) is 0 Å². The van der Waals surface area contributed by atoms with Crippen LogP contribution in [0.1, 0.15) is 66.2 Å². The molecule has 3 aliphatic rings. The molecule has 0 aromatic rings. The Hall–Kier alpha value is 0. The Morgan fingerprint density at radius 2 is 1.81 bits per heavy atom. The molecule has 0 amide bonds. The lowest BCUT2D eigenvalue weighted by molar-refractivity contribution is -0.00222. The van der Waals surface area contributed by atoms with Crippen molar-refractivity contribution in [3.63, 3.8) is 0 Å². The Morgan fingerprint density at radius 1 is 1.06 bits per heavy atom. The SMILES string of the molecule is CCC12CCC3CC1(CC(C)C2)C(C)C3C. The summed E-state index contributed by atoms with van der Waals surface area (Å²) in [6.07, 6.45) is 9.19. The molecule has 0 saturated heterocycles. The van der Waals surface area contributed by atoms with E-state index >= 15 is 0 Å². The van der Waals surface area contributed by atoms with E-state index < -0.39 is 0 Å². The highest BCUT2D eigenvalue weighted by Gasteiger charge is 2.65. The summed E-state index contributed by atoms with van der Waals surface area (Å²) < 4.78 is 0. The van der Waals surface area contributed by atoms with E-state index in [1.54, 1.807) is 19.3 Å². The molecule has 2 bridgehead atoms. The molecular formula is C16H28. The quantitative estimate of drug-likeness (QED) is 0.590. The molecule has 1 spiro atoms. The van der Waals surface area contributed by atoms with Gasteiger partial charge in [-0.05, 0) is 73.0 Å². The van der Waals surface area contributed by atoms with Gasteiger partial charge < -0.3 is 0 Å². The number of hydrogen-bond acceptors (Lipinski definition) is 0. The Morgan fingerprint density at radius 3 is 2.50 bits per heavy atom. The van der Waals surface area contributed by atoms with Crippen molar-refractivity contribution in [2.24, 2.45) is 34.5 Å². The average Bonchev–Trinajstić information content (AvgIpc) is 2.68. The molecule has 0 aromatic heterocycles. The van der Waals surface area contributed by atoms with Crippen LogP contribution in [0.5, 0.6) is 0 Å². The van der Waals surface area contributed by atoms with Crippen LogP contribution in [0.4, 0.5) is 0 Å². The standard InChI is InChI=1S/C16H28/c1-5-15-7-6-14-10-16(15,9-11(2)8-15)13(4)12(14)3/h11-14H,5-10H2,1-4H3. The van der Waals surface area contributed by atoms with Crippen molar-refractivity contribution in [1.82, 2.24) is 0 Å². The van der Waals surface area contributed by atoms with E-state index in [-0.39, 0.29) is 0 Å². The summed E-state index contributed by atoms with van der Waals surface area (Å²) in [5, 5.41) is 0. The molecule has 0 heterocycles. The van der Waals surface area contributed by atoms with Gasteiger partial charge in [-0.15, -0.1) is 0 Å². The predicted molar refractivity (Wildman–Crippen MR) is 69.2 cm³/mol. The summed E-state index contributed by atoms with van der Waals surface area (Å²) in [6.45, 7) is 10.1. The third kappa shape index (κ3) is 1.07. The second-order valence-electron chi connectivity index (χ2n) is 7.45. The van der Waals surface area contributed by atoms with Gasteiger partial charge in [-0.1, -0.05) is 27.7 Å². The maximum atomic E-state index is 2.58. The minimum absolute atomic E-state index is 0.743. The van der Waals surface area contributed by atoms with Crippen LogP contribution in [0.15, 0.2) is 0 Å². The van der Waals surface area contributed by atoms with E-state index in [9.17, 15) is 0 Å². The first kappa shape index (κ1) is 11.1. The van der Waals surface area contributed by atoms with Crippen molar-refractivity contribution in [2.45, 2.75) is 66.2 Å². The second-order valence-corrected chi connectivity index (χ2v) is 7.45. The second kappa shape index (κ2) is 3.27. The molecule has 0 N–H and O–H groups in total. The van der Waals surface area contributed by atoms with Crippen LogP contribution in [-0.4, -0.2) is 0 Å². The van der Waals surface area contributed by atoms with Gasteiger partial charge >= 0.3 is 0 Å². The van der Waals surface area contributed by atoms with Gasteiger partial charge in [-0.25, -0.2) is 0 Å². The molecule has 0 aliphatic heterocycles. The monoisotopic (exact) mass is 220 g/mol. The first-order valence-corrected chi connectivity index (χ1v) is 7.55. The van der Waals surface area contributed by atoms with Crippen molar-refractivity contribution in [3.8, 4) is 0 Å². The van der Waals surface area contributed by atoms with Gasteiger partial charge in [-0.2, -0.15) is 0 Å². The third-order valence-electron chi connectivity index (χ3n) is 7.21. The van der Waals surface area contributed by atoms with Crippen molar-refractivity contribution >= 4 is 0 Å². The first-order chi connectivity index (χ1) is 7.55. The highest BCUT2D eigenvalue weighted by Crippen LogP contribution is 2.74. The van der Waals surface area contributed by atoms with Gasteiger partial charge in [0.05, 0.1) is 0 Å². The van der Waals surface area contributed by atoms with Gasteiger partial charge in [0.2, 0.25) is 0 Å². The summed E-state index contributed by atoms with van der Waals surface area (Å²) in [5.41, 5.74) is 1.50. The lowest BCUT2D eigenvalue weighted by atomic mass is 9.55. The van der Waals surface area contributed by atoms with Crippen LogP contribution < -0.4 is 0 Å². The molecule has 6 unspecified atom stereocenters. The topological polar surface area (TPSA) is 0 Å². The minimum Gasteiger partial charge on any atom is -0.0648 e. The lowest BCUT2D eigenvalue weighted by Crippen LogP contribution is -2.41. The van der Waals surface area contributed by atoms with Crippen molar-refractivity contribution < 1.29 is 0 Å². The fourth-order valence-corrected chi connectivity index (χ4v) is 6.35. The zero-order valence-electron chi connectivity index (χ0n) is 11.6. The summed E-state index contributed by atoms with van der Waals surface area (Å²) >= 11 is 0. The van der Waals surface area contributed by atoms with Gasteiger partial charge in [-0.3, -0.25) is 0 Å². The van der Waals surface area contributed by atoms with Gasteiger partial charge in [0.1, 0.15) is 0 Å². The van der Waals surface area contributed by atoms with Crippen LogP contribution in [0, 0.1) is 34.5 Å². The molecule has 0 heteroatoms. The molecule has 3 aliphatic carbocycles. The summed E-state index contributed by atoms with van der Waals surface area (Å²) in [6, 6.07) is 0. The van der Waals surface area contributed by atoms with Crippen LogP contribution >= 0.6 is 0 Å². The van der Waals surface area contributed by atoms with E-state index in [0.717, 1.165) is 34.5 Å². The fourth-order valence-electron chi connectivity index (χ4n) is 6.35. The van der Waals surface area contributed by atoms with Crippen LogP contribution in [0.2, 0.25) is 0 Å². The van der Waals surface area contributed by atoms with Gasteiger partial charge in [0, 0.05) is 0 Å². The van der Waals surface area contributed by atoms with E-state index in [1.807, 2.05) is 0 Å². The lowest BCUT2D eigenvalue weighted by Gasteiger charge is -2.49. The highest BCUT2D eigenvalue weighted by atomic mass is 14.7. The van der Waals surface area contributed by atoms with E-state index in [0.29, 0.717) is 0 Å². The summed E-state index contributed by atoms with van der Waals surface area (Å²) in [7, 11) is 0. The normalized spacial score (nSPS) is 60.0. The molecule has 6 atom stereocenters. The maximum Gasteiger partial charge on any atom is -0.0207 e. The first-order valence-electron chi connectivity index (χ1n) is 7.55. The van der Waals surface area contributed by atoms with Crippen LogP contribution in [-0.2, 0) is 0 Å². The molecule has 16 heavy (non-hydrogen) atoms. The molecule has 0 aromatic carbocycles. The largest absolute Gasteiger partial charge is 0.0648 e.